The van der Waals surface area contributed by atoms with Gasteiger partial charge in [-0.25, -0.2) is 4.79 Å². The SMILES string of the molecule is O=C(c1c(O)c2ccccc2oc1=O)C(Cl)Cl. The van der Waals surface area contributed by atoms with Crippen LogP contribution >= 0.6 is 23.2 Å². The average Bonchev–Trinajstić information content (AvgIpc) is 2.28. The van der Waals surface area contributed by atoms with E-state index in [-0.39, 0.29) is 11.0 Å². The number of fused-ring (bicyclic) bond motifs is 1. The van der Waals surface area contributed by atoms with E-state index in [0.29, 0.717) is 0 Å². The molecule has 0 aliphatic carbocycles. The predicted octanol–water partition coefficient (Wildman–Crippen LogP) is 2.49. The first-order valence-corrected chi connectivity index (χ1v) is 5.47. The Balaban J connectivity index is 2.81. The lowest BCUT2D eigenvalue weighted by Crippen LogP contribution is -2.19. The molecule has 88 valence electrons. The summed E-state index contributed by atoms with van der Waals surface area (Å²) in [7, 11) is 0. The van der Waals surface area contributed by atoms with Gasteiger partial charge in [-0.2, -0.15) is 0 Å². The molecule has 4 nitrogen and oxygen atoms in total. The van der Waals surface area contributed by atoms with Crippen molar-refractivity contribution in [1.29, 1.82) is 0 Å². The zero-order chi connectivity index (χ0) is 12.6. The Labute approximate surface area is 105 Å². The van der Waals surface area contributed by atoms with Crippen LogP contribution in [0.4, 0.5) is 0 Å². The molecule has 0 saturated heterocycles. The van der Waals surface area contributed by atoms with E-state index >= 15 is 0 Å². The van der Waals surface area contributed by atoms with Gasteiger partial charge < -0.3 is 9.52 Å². The average molecular weight is 273 g/mol. The molecule has 0 atom stereocenters. The molecule has 0 fully saturated rings. The van der Waals surface area contributed by atoms with Crippen LogP contribution in [-0.2, 0) is 0 Å². The van der Waals surface area contributed by atoms with E-state index in [9.17, 15) is 14.7 Å². The predicted molar refractivity (Wildman–Crippen MR) is 64.0 cm³/mol. The summed E-state index contributed by atoms with van der Waals surface area (Å²) in [5.41, 5.74) is -1.30. The van der Waals surface area contributed by atoms with Crippen LogP contribution in [0.1, 0.15) is 10.4 Å². The number of Topliss-reactive ketones (excluding diaryl/α,β-unsaturated/α-hetero) is 1. The van der Waals surface area contributed by atoms with E-state index in [1.54, 1.807) is 12.1 Å². The molecular formula is C11H6Cl2O4. The fraction of sp³-hybridized carbons (Fsp3) is 0.0909. The van der Waals surface area contributed by atoms with Crippen molar-refractivity contribution in [3.63, 3.8) is 0 Å². The molecule has 1 N–H and O–H groups in total. The second-order valence-corrected chi connectivity index (χ2v) is 4.37. The molecule has 0 radical (unpaired) electrons. The molecule has 2 rings (SSSR count). The fourth-order valence-electron chi connectivity index (χ4n) is 1.46. The van der Waals surface area contributed by atoms with E-state index in [1.807, 2.05) is 0 Å². The van der Waals surface area contributed by atoms with Gasteiger partial charge in [0.25, 0.3) is 0 Å². The number of hydrogen-bond donors (Lipinski definition) is 1. The van der Waals surface area contributed by atoms with E-state index in [0.717, 1.165) is 0 Å². The third kappa shape index (κ3) is 2.01. The Hall–Kier alpha value is -1.52. The maximum Gasteiger partial charge on any atom is 0.351 e. The van der Waals surface area contributed by atoms with Crippen LogP contribution in [0.15, 0.2) is 33.5 Å². The summed E-state index contributed by atoms with van der Waals surface area (Å²) in [5.74, 6) is -1.35. The molecule has 0 saturated carbocycles. The van der Waals surface area contributed by atoms with Gasteiger partial charge in [0.1, 0.15) is 16.9 Å². The molecular weight excluding hydrogens is 267 g/mol. The van der Waals surface area contributed by atoms with Gasteiger partial charge in [-0.1, -0.05) is 35.3 Å². The van der Waals surface area contributed by atoms with Crippen molar-refractivity contribution in [3.05, 3.63) is 40.2 Å². The molecule has 1 aromatic heterocycles. The zero-order valence-electron chi connectivity index (χ0n) is 8.31. The smallest absolute Gasteiger partial charge is 0.351 e. The molecule has 17 heavy (non-hydrogen) atoms. The van der Waals surface area contributed by atoms with Crippen molar-refractivity contribution in [2.75, 3.05) is 0 Å². The molecule has 0 bridgehead atoms. The number of ketones is 1. The lowest BCUT2D eigenvalue weighted by molar-refractivity contribution is 0.100. The summed E-state index contributed by atoms with van der Waals surface area (Å²) in [6.45, 7) is 0. The summed E-state index contributed by atoms with van der Waals surface area (Å²) in [6.07, 6.45) is 0. The Morgan fingerprint density at radius 2 is 1.94 bits per heavy atom. The Morgan fingerprint density at radius 1 is 1.29 bits per heavy atom. The first kappa shape index (κ1) is 12.0. The van der Waals surface area contributed by atoms with Crippen LogP contribution in [0.3, 0.4) is 0 Å². The lowest BCUT2D eigenvalue weighted by atomic mass is 10.1. The number of halogens is 2. The Kier molecular flexibility index (Phi) is 3.09. The third-order valence-electron chi connectivity index (χ3n) is 2.23. The summed E-state index contributed by atoms with van der Waals surface area (Å²) in [6, 6.07) is 6.29. The molecule has 1 heterocycles. The van der Waals surface area contributed by atoms with Gasteiger partial charge in [0, 0.05) is 0 Å². The number of para-hydroxylation sites is 1. The van der Waals surface area contributed by atoms with E-state index < -0.39 is 27.6 Å². The third-order valence-corrected chi connectivity index (χ3v) is 2.63. The van der Waals surface area contributed by atoms with Gasteiger partial charge in [0.15, 0.2) is 4.84 Å². The van der Waals surface area contributed by atoms with Crippen molar-refractivity contribution in [2.24, 2.45) is 0 Å². The van der Waals surface area contributed by atoms with Crippen LogP contribution in [0, 0.1) is 0 Å². The topological polar surface area (TPSA) is 67.5 Å². The van der Waals surface area contributed by atoms with Gasteiger partial charge in [-0.05, 0) is 12.1 Å². The number of alkyl halides is 2. The van der Waals surface area contributed by atoms with Gasteiger partial charge >= 0.3 is 5.63 Å². The second kappa shape index (κ2) is 4.39. The van der Waals surface area contributed by atoms with E-state index in [4.69, 9.17) is 27.6 Å². The van der Waals surface area contributed by atoms with Crippen molar-refractivity contribution < 1.29 is 14.3 Å². The van der Waals surface area contributed by atoms with Crippen LogP contribution in [0.25, 0.3) is 11.0 Å². The van der Waals surface area contributed by atoms with Crippen LogP contribution in [0.5, 0.6) is 5.75 Å². The van der Waals surface area contributed by atoms with Gasteiger partial charge in [-0.3, -0.25) is 4.79 Å². The van der Waals surface area contributed by atoms with Crippen molar-refractivity contribution in [2.45, 2.75) is 4.84 Å². The molecule has 2 aromatic rings. The van der Waals surface area contributed by atoms with Crippen molar-refractivity contribution in [1.82, 2.24) is 0 Å². The molecule has 0 spiro atoms. The van der Waals surface area contributed by atoms with Crippen LogP contribution in [-0.4, -0.2) is 15.7 Å². The first-order chi connectivity index (χ1) is 8.02. The Morgan fingerprint density at radius 3 is 2.59 bits per heavy atom. The second-order valence-electron chi connectivity index (χ2n) is 3.27. The summed E-state index contributed by atoms with van der Waals surface area (Å²) >= 11 is 10.8. The zero-order valence-corrected chi connectivity index (χ0v) is 9.83. The summed E-state index contributed by atoms with van der Waals surface area (Å²) in [5, 5.41) is 10.1. The monoisotopic (exact) mass is 272 g/mol. The number of aromatic hydroxyl groups is 1. The minimum Gasteiger partial charge on any atom is -0.506 e. The molecule has 1 aromatic carbocycles. The molecule has 0 unspecified atom stereocenters. The lowest BCUT2D eigenvalue weighted by Gasteiger charge is -2.05. The highest BCUT2D eigenvalue weighted by molar-refractivity contribution is 6.55. The maximum absolute atomic E-state index is 11.5. The molecule has 0 aliphatic rings. The van der Waals surface area contributed by atoms with Crippen molar-refractivity contribution in [3.8, 4) is 5.75 Å². The van der Waals surface area contributed by atoms with Crippen LogP contribution < -0.4 is 5.63 Å². The molecule has 6 heteroatoms. The first-order valence-electron chi connectivity index (χ1n) is 4.59. The molecule has 0 amide bonds. The normalized spacial score (nSPS) is 11.0. The highest BCUT2D eigenvalue weighted by atomic mass is 35.5. The van der Waals surface area contributed by atoms with Crippen LogP contribution in [0.2, 0.25) is 0 Å². The largest absolute Gasteiger partial charge is 0.506 e. The number of carbonyl (C=O) groups is 1. The van der Waals surface area contributed by atoms with Crippen molar-refractivity contribution >= 4 is 40.0 Å². The minimum absolute atomic E-state index is 0.187. The number of benzene rings is 1. The highest BCUT2D eigenvalue weighted by Gasteiger charge is 2.24. The summed E-state index contributed by atoms with van der Waals surface area (Å²) < 4.78 is 4.89. The minimum atomic E-state index is -1.43. The van der Waals surface area contributed by atoms with E-state index in [2.05, 4.69) is 0 Å². The quantitative estimate of drug-likeness (QED) is 0.518. The highest BCUT2D eigenvalue weighted by Crippen LogP contribution is 2.27. The standard InChI is InChI=1S/C11H6Cl2O4/c12-10(13)9(15)7-8(14)5-3-1-2-4-6(5)17-11(7)16/h1-4,10,14H. The Bertz CT molecular complexity index is 645. The van der Waals surface area contributed by atoms with Gasteiger partial charge in [0.05, 0.1) is 5.39 Å². The maximum atomic E-state index is 11.5. The van der Waals surface area contributed by atoms with E-state index in [1.165, 1.54) is 12.1 Å². The van der Waals surface area contributed by atoms with Gasteiger partial charge in [0.2, 0.25) is 5.78 Å². The number of carbonyl (C=O) groups excluding carboxylic acids is 1. The van der Waals surface area contributed by atoms with Gasteiger partial charge in [-0.15, -0.1) is 0 Å². The number of hydrogen-bond acceptors (Lipinski definition) is 4. The fourth-order valence-corrected chi connectivity index (χ4v) is 1.68. The molecule has 0 aliphatic heterocycles. The number of rotatable bonds is 2. The summed E-state index contributed by atoms with van der Waals surface area (Å²) in [4.78, 5) is 21.7.